The first-order valence-electron chi connectivity index (χ1n) is 9.51. The predicted molar refractivity (Wildman–Crippen MR) is 116 cm³/mol. The van der Waals surface area contributed by atoms with Crippen molar-refractivity contribution in [1.82, 2.24) is 9.55 Å². The average molecular weight is 431 g/mol. The van der Waals surface area contributed by atoms with Crippen LogP contribution in [0, 0.1) is 13.8 Å². The number of amides is 2. The molecule has 0 radical (unpaired) electrons. The normalized spacial score (nSPS) is 14.6. The fourth-order valence-electron chi connectivity index (χ4n) is 3.78. The summed E-state index contributed by atoms with van der Waals surface area (Å²) in [7, 11) is 0. The van der Waals surface area contributed by atoms with E-state index in [9.17, 15) is 14.4 Å². The lowest BCUT2D eigenvalue weighted by atomic mass is 9.95. The molecule has 9 heteroatoms. The fourth-order valence-corrected chi connectivity index (χ4v) is 6.07. The molecule has 3 aromatic heterocycles. The number of nitrogens with zero attached hydrogens (tertiary/aromatic N) is 2. The van der Waals surface area contributed by atoms with Gasteiger partial charge in [-0.3, -0.25) is 19.0 Å². The summed E-state index contributed by atoms with van der Waals surface area (Å²) in [5.41, 5.74) is 7.63. The van der Waals surface area contributed by atoms with Crippen LogP contribution in [0.4, 0.5) is 5.00 Å². The smallest absolute Gasteiger partial charge is 0.263 e. The first-order chi connectivity index (χ1) is 13.8. The molecule has 0 aliphatic heterocycles. The number of nitrogens with one attached hydrogen (secondary N) is 1. The van der Waals surface area contributed by atoms with Crippen molar-refractivity contribution in [2.75, 3.05) is 5.32 Å². The summed E-state index contributed by atoms with van der Waals surface area (Å²) in [6.45, 7) is 5.49. The van der Waals surface area contributed by atoms with Gasteiger partial charge in [-0.05, 0) is 57.6 Å². The van der Waals surface area contributed by atoms with Crippen LogP contribution in [0.3, 0.4) is 0 Å². The molecule has 1 aliphatic rings. The van der Waals surface area contributed by atoms with Gasteiger partial charge in [0.05, 0.1) is 17.3 Å². The molecule has 7 nitrogen and oxygen atoms in total. The van der Waals surface area contributed by atoms with E-state index in [4.69, 9.17) is 5.73 Å². The number of aryl methyl sites for hydroxylation is 3. The van der Waals surface area contributed by atoms with E-state index in [2.05, 4.69) is 10.3 Å². The number of nitrogens with two attached hydrogens (primary N) is 1. The molecule has 4 rings (SSSR count). The Labute approximate surface area is 175 Å². The Kier molecular flexibility index (Phi) is 5.04. The van der Waals surface area contributed by atoms with Gasteiger partial charge in [-0.15, -0.1) is 22.7 Å². The van der Waals surface area contributed by atoms with Crippen LogP contribution < -0.4 is 16.6 Å². The van der Waals surface area contributed by atoms with Gasteiger partial charge in [-0.1, -0.05) is 0 Å². The third-order valence-corrected chi connectivity index (χ3v) is 7.89. The number of primary amides is 1. The molecule has 1 unspecified atom stereocenters. The van der Waals surface area contributed by atoms with Gasteiger partial charge in [0, 0.05) is 9.75 Å². The van der Waals surface area contributed by atoms with E-state index in [1.165, 1.54) is 33.6 Å². The van der Waals surface area contributed by atoms with E-state index in [1.807, 2.05) is 13.8 Å². The Balaban J connectivity index is 1.68. The minimum atomic E-state index is -0.779. The van der Waals surface area contributed by atoms with Crippen LogP contribution in [0.15, 0.2) is 11.1 Å². The fraction of sp³-hybridized carbons (Fsp3) is 0.400. The number of fused-ring (bicyclic) bond motifs is 2. The van der Waals surface area contributed by atoms with Crippen LogP contribution in [0.1, 0.15) is 57.0 Å². The van der Waals surface area contributed by atoms with Crippen molar-refractivity contribution in [3.8, 4) is 0 Å². The molecule has 0 saturated carbocycles. The van der Waals surface area contributed by atoms with Crippen molar-refractivity contribution < 1.29 is 9.59 Å². The SMILES string of the molecule is Cc1sc2ncn(C(C)C(=O)Nc3sc4c(c3C(N)=O)CCCC4)c(=O)c2c1C. The van der Waals surface area contributed by atoms with Crippen molar-refractivity contribution in [2.24, 2.45) is 5.73 Å². The number of thiophene rings is 2. The van der Waals surface area contributed by atoms with Gasteiger partial charge < -0.3 is 11.1 Å². The highest BCUT2D eigenvalue weighted by Crippen LogP contribution is 2.38. The molecule has 0 aromatic carbocycles. The minimum Gasteiger partial charge on any atom is -0.365 e. The zero-order valence-corrected chi connectivity index (χ0v) is 18.1. The Morgan fingerprint density at radius 1 is 1.24 bits per heavy atom. The van der Waals surface area contributed by atoms with Crippen molar-refractivity contribution >= 4 is 49.7 Å². The van der Waals surface area contributed by atoms with Gasteiger partial charge in [0.25, 0.3) is 11.5 Å². The number of hydrogen-bond acceptors (Lipinski definition) is 6. The molecule has 1 atom stereocenters. The van der Waals surface area contributed by atoms with Crippen molar-refractivity contribution in [3.05, 3.63) is 43.1 Å². The lowest BCUT2D eigenvalue weighted by Crippen LogP contribution is -2.32. The number of rotatable bonds is 4. The monoisotopic (exact) mass is 430 g/mol. The Hall–Kier alpha value is -2.52. The topological polar surface area (TPSA) is 107 Å². The zero-order chi connectivity index (χ0) is 20.9. The summed E-state index contributed by atoms with van der Waals surface area (Å²) >= 11 is 2.88. The largest absolute Gasteiger partial charge is 0.365 e. The Morgan fingerprint density at radius 2 is 1.97 bits per heavy atom. The Morgan fingerprint density at radius 3 is 2.69 bits per heavy atom. The highest BCUT2D eigenvalue weighted by Gasteiger charge is 2.27. The highest BCUT2D eigenvalue weighted by atomic mass is 32.1. The number of anilines is 1. The lowest BCUT2D eigenvalue weighted by Gasteiger charge is -2.15. The van der Waals surface area contributed by atoms with E-state index in [1.54, 1.807) is 6.92 Å². The number of hydrogen-bond donors (Lipinski definition) is 2. The van der Waals surface area contributed by atoms with Crippen LogP contribution in [-0.4, -0.2) is 21.4 Å². The molecule has 2 amide bonds. The molecule has 0 bridgehead atoms. The summed E-state index contributed by atoms with van der Waals surface area (Å²) < 4.78 is 1.34. The van der Waals surface area contributed by atoms with Gasteiger partial charge >= 0.3 is 0 Å². The second-order valence-corrected chi connectivity index (χ2v) is 9.67. The molecule has 0 spiro atoms. The van der Waals surface area contributed by atoms with Gasteiger partial charge in [-0.2, -0.15) is 0 Å². The summed E-state index contributed by atoms with van der Waals surface area (Å²) in [4.78, 5) is 45.1. The second-order valence-electron chi connectivity index (χ2n) is 7.36. The number of carbonyl (C=O) groups is 2. The molecule has 3 aromatic rings. The van der Waals surface area contributed by atoms with E-state index in [0.29, 0.717) is 20.8 Å². The van der Waals surface area contributed by atoms with Gasteiger partial charge in [0.1, 0.15) is 15.9 Å². The molecule has 1 aliphatic carbocycles. The molecular formula is C20H22N4O3S2. The third-order valence-electron chi connectivity index (χ3n) is 5.57. The molecule has 3 N–H and O–H groups in total. The predicted octanol–water partition coefficient (Wildman–Crippen LogP) is 3.31. The molecule has 0 fully saturated rings. The van der Waals surface area contributed by atoms with Gasteiger partial charge in [0.2, 0.25) is 5.91 Å². The van der Waals surface area contributed by atoms with E-state index >= 15 is 0 Å². The standard InChI is InChI=1S/C20H22N4O3S2/c1-9-11(3)28-18-14(9)20(27)24(8-22-18)10(2)17(26)23-19-15(16(21)25)12-6-4-5-7-13(12)29-19/h8,10H,4-7H2,1-3H3,(H2,21,25)(H,23,26). The Bertz CT molecular complexity index is 1200. The quantitative estimate of drug-likeness (QED) is 0.662. The minimum absolute atomic E-state index is 0.236. The van der Waals surface area contributed by atoms with Crippen molar-refractivity contribution in [2.45, 2.75) is 52.5 Å². The van der Waals surface area contributed by atoms with Crippen LogP contribution in [-0.2, 0) is 17.6 Å². The number of carbonyl (C=O) groups excluding carboxylic acids is 2. The highest BCUT2D eigenvalue weighted by molar-refractivity contribution is 7.18. The summed E-state index contributed by atoms with van der Waals surface area (Å²) in [6.07, 6.45) is 5.18. The van der Waals surface area contributed by atoms with Crippen molar-refractivity contribution in [1.29, 1.82) is 0 Å². The maximum atomic E-state index is 13.0. The maximum Gasteiger partial charge on any atom is 0.263 e. The van der Waals surface area contributed by atoms with E-state index in [0.717, 1.165) is 46.6 Å². The maximum absolute atomic E-state index is 13.0. The summed E-state index contributed by atoms with van der Waals surface area (Å²) in [6, 6.07) is -0.779. The van der Waals surface area contributed by atoms with Crippen LogP contribution in [0.25, 0.3) is 10.2 Å². The van der Waals surface area contributed by atoms with Gasteiger partial charge in [-0.25, -0.2) is 4.98 Å². The second kappa shape index (κ2) is 7.38. The molecule has 0 saturated heterocycles. The average Bonchev–Trinajstić information content (AvgIpc) is 3.18. The molecule has 29 heavy (non-hydrogen) atoms. The first kappa shape index (κ1) is 19.8. The molecule has 3 heterocycles. The first-order valence-corrected chi connectivity index (χ1v) is 11.1. The zero-order valence-electron chi connectivity index (χ0n) is 16.5. The molecular weight excluding hydrogens is 408 g/mol. The van der Waals surface area contributed by atoms with E-state index < -0.39 is 11.9 Å². The lowest BCUT2D eigenvalue weighted by molar-refractivity contribution is -0.118. The van der Waals surface area contributed by atoms with E-state index in [-0.39, 0.29) is 11.5 Å². The van der Waals surface area contributed by atoms with Crippen LogP contribution in [0.2, 0.25) is 0 Å². The van der Waals surface area contributed by atoms with Crippen molar-refractivity contribution in [3.63, 3.8) is 0 Å². The third kappa shape index (κ3) is 3.28. The van der Waals surface area contributed by atoms with Crippen LogP contribution >= 0.6 is 22.7 Å². The summed E-state index contributed by atoms with van der Waals surface area (Å²) in [5.74, 6) is -0.907. The summed E-state index contributed by atoms with van der Waals surface area (Å²) in [5, 5.41) is 3.87. The van der Waals surface area contributed by atoms with Gasteiger partial charge in [0.15, 0.2) is 0 Å². The van der Waals surface area contributed by atoms with Crippen LogP contribution in [0.5, 0.6) is 0 Å². The molecule has 152 valence electrons. The number of aromatic nitrogens is 2.